The zero-order valence-corrected chi connectivity index (χ0v) is 14.1. The van der Waals surface area contributed by atoms with E-state index >= 15 is 0 Å². The molecule has 0 bridgehead atoms. The van der Waals surface area contributed by atoms with Gasteiger partial charge in [-0.3, -0.25) is 4.98 Å². The zero-order valence-electron chi connectivity index (χ0n) is 14.1. The molecule has 1 saturated heterocycles. The summed E-state index contributed by atoms with van der Waals surface area (Å²) in [5.74, 6) is 0. The monoisotopic (exact) mass is 319 g/mol. The van der Waals surface area contributed by atoms with Crippen LogP contribution in [0.3, 0.4) is 0 Å². The Balaban J connectivity index is 1.74. The number of carbonyl (C=O) groups excluding carboxylic acids is 1. The number of hydrogen-bond acceptors (Lipinski definition) is 5. The second-order valence-electron chi connectivity index (χ2n) is 7.14. The molecule has 23 heavy (non-hydrogen) atoms. The third-order valence-corrected chi connectivity index (χ3v) is 4.05. The summed E-state index contributed by atoms with van der Waals surface area (Å²) < 4.78 is 10.9. The van der Waals surface area contributed by atoms with Crippen molar-refractivity contribution in [2.45, 2.75) is 51.8 Å². The first kappa shape index (κ1) is 16.1. The first-order valence-electron chi connectivity index (χ1n) is 8.21. The highest BCUT2D eigenvalue weighted by Crippen LogP contribution is 2.27. The highest BCUT2D eigenvalue weighted by atomic mass is 16.6. The molecule has 1 aromatic rings. The SMILES string of the molecule is CC(C)(C)OC(=O)N1CCc2nccc(N[C@H]3CCOC3)c2C1. The topological polar surface area (TPSA) is 63.7 Å². The summed E-state index contributed by atoms with van der Waals surface area (Å²) >= 11 is 0. The molecule has 3 heterocycles. The number of nitrogens with one attached hydrogen (secondary N) is 1. The van der Waals surface area contributed by atoms with Crippen molar-refractivity contribution in [3.8, 4) is 0 Å². The molecule has 1 amide bonds. The number of aromatic nitrogens is 1. The van der Waals surface area contributed by atoms with Crippen LogP contribution in [0.5, 0.6) is 0 Å². The van der Waals surface area contributed by atoms with Gasteiger partial charge in [0.15, 0.2) is 0 Å². The molecular formula is C17H25N3O3. The van der Waals surface area contributed by atoms with Gasteiger partial charge in [0.05, 0.1) is 19.2 Å². The van der Waals surface area contributed by atoms with Gasteiger partial charge in [0.1, 0.15) is 5.60 Å². The van der Waals surface area contributed by atoms with Crippen molar-refractivity contribution >= 4 is 11.8 Å². The van der Waals surface area contributed by atoms with E-state index in [4.69, 9.17) is 9.47 Å². The van der Waals surface area contributed by atoms with E-state index in [1.165, 1.54) is 0 Å². The first-order valence-corrected chi connectivity index (χ1v) is 8.21. The Morgan fingerprint density at radius 1 is 1.48 bits per heavy atom. The fourth-order valence-electron chi connectivity index (χ4n) is 2.92. The van der Waals surface area contributed by atoms with Crippen LogP contribution >= 0.6 is 0 Å². The molecule has 1 fully saturated rings. The molecule has 1 aromatic heterocycles. The highest BCUT2D eigenvalue weighted by molar-refractivity contribution is 5.69. The third-order valence-electron chi connectivity index (χ3n) is 4.05. The van der Waals surface area contributed by atoms with E-state index in [1.54, 1.807) is 4.90 Å². The smallest absolute Gasteiger partial charge is 0.410 e. The van der Waals surface area contributed by atoms with E-state index in [0.29, 0.717) is 19.1 Å². The standard InChI is InChI=1S/C17H25N3O3/c1-17(2,3)23-16(21)20-8-5-14-13(10-20)15(4-7-18-14)19-12-6-9-22-11-12/h4,7,12H,5-6,8-11H2,1-3H3,(H,18,19)/t12-/m0/s1. The first-order chi connectivity index (χ1) is 10.9. The number of pyridine rings is 1. The number of nitrogens with zero attached hydrogens (tertiary/aromatic N) is 2. The average Bonchev–Trinajstić information content (AvgIpc) is 2.98. The molecule has 0 radical (unpaired) electrons. The van der Waals surface area contributed by atoms with Gasteiger partial charge < -0.3 is 19.7 Å². The summed E-state index contributed by atoms with van der Waals surface area (Å²) in [6, 6.07) is 2.31. The van der Waals surface area contributed by atoms with Crippen LogP contribution < -0.4 is 5.32 Å². The minimum absolute atomic E-state index is 0.262. The van der Waals surface area contributed by atoms with Gasteiger partial charge in [-0.05, 0) is 33.3 Å². The number of fused-ring (bicyclic) bond motifs is 1. The second kappa shape index (κ2) is 6.35. The van der Waals surface area contributed by atoms with E-state index in [0.717, 1.165) is 43.0 Å². The lowest BCUT2D eigenvalue weighted by atomic mass is 10.0. The number of amides is 1. The molecule has 0 aromatic carbocycles. The Morgan fingerprint density at radius 2 is 2.30 bits per heavy atom. The molecule has 2 aliphatic heterocycles. The van der Waals surface area contributed by atoms with Crippen molar-refractivity contribution in [1.29, 1.82) is 0 Å². The highest BCUT2D eigenvalue weighted by Gasteiger charge is 2.28. The van der Waals surface area contributed by atoms with Crippen molar-refractivity contribution in [2.24, 2.45) is 0 Å². The molecule has 126 valence electrons. The van der Waals surface area contributed by atoms with Gasteiger partial charge in [-0.25, -0.2) is 4.79 Å². The Bertz CT molecular complexity index is 577. The van der Waals surface area contributed by atoms with Crippen LogP contribution in [0.4, 0.5) is 10.5 Å². The van der Waals surface area contributed by atoms with Crippen LogP contribution in [0, 0.1) is 0 Å². The Morgan fingerprint density at radius 3 is 3.00 bits per heavy atom. The predicted octanol–water partition coefficient (Wildman–Crippen LogP) is 2.58. The molecule has 0 spiro atoms. The largest absolute Gasteiger partial charge is 0.444 e. The van der Waals surface area contributed by atoms with Gasteiger partial charge in [-0.1, -0.05) is 0 Å². The van der Waals surface area contributed by atoms with Crippen molar-refractivity contribution < 1.29 is 14.3 Å². The van der Waals surface area contributed by atoms with E-state index in [-0.39, 0.29) is 6.09 Å². The summed E-state index contributed by atoms with van der Waals surface area (Å²) in [6.45, 7) is 8.37. The molecule has 6 heteroatoms. The van der Waals surface area contributed by atoms with E-state index in [9.17, 15) is 4.79 Å². The maximum absolute atomic E-state index is 12.3. The molecule has 0 unspecified atom stereocenters. The Kier molecular flexibility index (Phi) is 4.43. The summed E-state index contributed by atoms with van der Waals surface area (Å²) in [4.78, 5) is 18.6. The van der Waals surface area contributed by atoms with Gasteiger partial charge in [0.25, 0.3) is 0 Å². The molecule has 1 atom stereocenters. The summed E-state index contributed by atoms with van der Waals surface area (Å²) in [5, 5.41) is 3.53. The van der Waals surface area contributed by atoms with E-state index in [2.05, 4.69) is 10.3 Å². The lowest BCUT2D eigenvalue weighted by Crippen LogP contribution is -2.40. The van der Waals surface area contributed by atoms with Crippen molar-refractivity contribution in [2.75, 3.05) is 25.1 Å². The van der Waals surface area contributed by atoms with Crippen molar-refractivity contribution in [1.82, 2.24) is 9.88 Å². The maximum atomic E-state index is 12.3. The van der Waals surface area contributed by atoms with Crippen molar-refractivity contribution in [3.05, 3.63) is 23.5 Å². The normalized spacial score (nSPS) is 21.0. The van der Waals surface area contributed by atoms with Crippen LogP contribution in [0.2, 0.25) is 0 Å². The lowest BCUT2D eigenvalue weighted by molar-refractivity contribution is 0.0223. The van der Waals surface area contributed by atoms with Gasteiger partial charge >= 0.3 is 6.09 Å². The molecule has 1 N–H and O–H groups in total. The fourth-order valence-corrected chi connectivity index (χ4v) is 2.92. The van der Waals surface area contributed by atoms with Crippen LogP contribution in [0.15, 0.2) is 12.3 Å². The predicted molar refractivity (Wildman–Crippen MR) is 87.4 cm³/mol. The molecule has 3 rings (SSSR count). The number of anilines is 1. The zero-order chi connectivity index (χ0) is 16.4. The minimum atomic E-state index is -0.478. The number of rotatable bonds is 2. The Hall–Kier alpha value is -1.82. The average molecular weight is 319 g/mol. The molecule has 0 saturated carbocycles. The fraction of sp³-hybridized carbons (Fsp3) is 0.647. The van der Waals surface area contributed by atoms with Gasteiger partial charge in [-0.2, -0.15) is 0 Å². The van der Waals surface area contributed by atoms with Crippen LogP contribution in [-0.4, -0.2) is 47.4 Å². The molecule has 2 aliphatic rings. The second-order valence-corrected chi connectivity index (χ2v) is 7.14. The molecular weight excluding hydrogens is 294 g/mol. The van der Waals surface area contributed by atoms with Gasteiger partial charge in [0, 0.05) is 42.7 Å². The summed E-state index contributed by atoms with van der Waals surface area (Å²) in [7, 11) is 0. The quantitative estimate of drug-likeness (QED) is 0.908. The number of hydrogen-bond donors (Lipinski definition) is 1. The minimum Gasteiger partial charge on any atom is -0.444 e. The summed E-state index contributed by atoms with van der Waals surface area (Å²) in [6.07, 6.45) is 3.33. The maximum Gasteiger partial charge on any atom is 0.410 e. The van der Waals surface area contributed by atoms with E-state index in [1.807, 2.05) is 33.0 Å². The van der Waals surface area contributed by atoms with Crippen LogP contribution in [0.25, 0.3) is 0 Å². The third kappa shape index (κ3) is 3.93. The number of ether oxygens (including phenoxy) is 2. The van der Waals surface area contributed by atoms with Crippen LogP contribution in [-0.2, 0) is 22.4 Å². The van der Waals surface area contributed by atoms with Gasteiger partial charge in [-0.15, -0.1) is 0 Å². The van der Waals surface area contributed by atoms with E-state index < -0.39 is 5.60 Å². The number of carbonyl (C=O) groups is 1. The Labute approximate surface area is 137 Å². The molecule has 0 aliphatic carbocycles. The van der Waals surface area contributed by atoms with Gasteiger partial charge in [0.2, 0.25) is 0 Å². The molecule has 6 nitrogen and oxygen atoms in total. The van der Waals surface area contributed by atoms with Crippen molar-refractivity contribution in [3.63, 3.8) is 0 Å². The van der Waals surface area contributed by atoms with Crippen LogP contribution in [0.1, 0.15) is 38.4 Å². The summed E-state index contributed by atoms with van der Waals surface area (Å²) in [5.41, 5.74) is 2.73. The lowest BCUT2D eigenvalue weighted by Gasteiger charge is -2.32.